The number of nitrogens with one attached hydrogen (secondary N) is 1. The van der Waals surface area contributed by atoms with Gasteiger partial charge in [-0.1, -0.05) is 29.0 Å². The molecule has 9 nitrogen and oxygen atoms in total. The smallest absolute Gasteiger partial charge is 0.263 e. The van der Waals surface area contributed by atoms with Crippen molar-refractivity contribution >= 4 is 40.7 Å². The Labute approximate surface area is 175 Å². The average molecular weight is 432 g/mol. The molecule has 1 fully saturated rings. The van der Waals surface area contributed by atoms with E-state index in [4.69, 9.17) is 16.3 Å². The summed E-state index contributed by atoms with van der Waals surface area (Å²) in [6, 6.07) is 8.03. The maximum atomic E-state index is 13.7. The van der Waals surface area contributed by atoms with Crippen LogP contribution in [0.15, 0.2) is 52.8 Å². The maximum absolute atomic E-state index is 13.7. The van der Waals surface area contributed by atoms with Gasteiger partial charge in [-0.2, -0.15) is 5.11 Å². The average Bonchev–Trinajstić information content (AvgIpc) is 3.23. The first kappa shape index (κ1) is 19.8. The zero-order valence-corrected chi connectivity index (χ0v) is 16.3. The first-order chi connectivity index (χ1) is 14.4. The molecule has 0 aromatic heterocycles. The second-order valence-corrected chi connectivity index (χ2v) is 6.96. The number of benzene rings is 2. The third kappa shape index (κ3) is 3.35. The van der Waals surface area contributed by atoms with Gasteiger partial charge in [-0.15, -0.1) is 0 Å². The predicted octanol–water partition coefficient (Wildman–Crippen LogP) is 2.42. The molecule has 1 N–H and O–H groups in total. The van der Waals surface area contributed by atoms with E-state index in [9.17, 15) is 18.8 Å². The van der Waals surface area contributed by atoms with E-state index in [2.05, 4.69) is 15.7 Å². The highest BCUT2D eigenvalue weighted by atomic mass is 35.5. The van der Waals surface area contributed by atoms with Crippen molar-refractivity contribution in [3.8, 4) is 5.75 Å². The number of methoxy groups -OCH3 is 1. The number of imide groups is 1. The summed E-state index contributed by atoms with van der Waals surface area (Å²) in [5.74, 6) is -1.97. The third-order valence-electron chi connectivity index (χ3n) is 4.71. The largest absolute Gasteiger partial charge is 0.495 e. The minimum atomic E-state index is -1.07. The van der Waals surface area contributed by atoms with Crippen LogP contribution >= 0.6 is 11.6 Å². The van der Waals surface area contributed by atoms with Crippen molar-refractivity contribution in [2.45, 2.75) is 12.1 Å². The molecule has 1 saturated heterocycles. The summed E-state index contributed by atoms with van der Waals surface area (Å²) in [7, 11) is 1.45. The first-order valence-corrected chi connectivity index (χ1v) is 9.21. The number of hydrogen-bond donors (Lipinski definition) is 1. The fraction of sp³-hybridized carbons (Fsp3) is 0.211. The van der Waals surface area contributed by atoms with Gasteiger partial charge in [0.1, 0.15) is 18.1 Å². The number of nitrogens with zero attached hydrogens (tertiary/aromatic N) is 4. The number of halogens is 2. The Kier molecular flexibility index (Phi) is 5.08. The van der Waals surface area contributed by atoms with Gasteiger partial charge in [-0.3, -0.25) is 19.4 Å². The van der Waals surface area contributed by atoms with E-state index in [-0.39, 0.29) is 22.9 Å². The lowest BCUT2D eigenvalue weighted by Crippen LogP contribution is -2.43. The van der Waals surface area contributed by atoms with Gasteiger partial charge in [0.2, 0.25) is 5.91 Å². The van der Waals surface area contributed by atoms with Crippen LogP contribution in [0, 0.1) is 5.82 Å². The number of hydrogen-bond acceptors (Lipinski definition) is 7. The van der Waals surface area contributed by atoms with Crippen LogP contribution in [-0.4, -0.2) is 48.5 Å². The minimum absolute atomic E-state index is 0.00138. The molecule has 0 radical (unpaired) electrons. The minimum Gasteiger partial charge on any atom is -0.495 e. The molecule has 2 atom stereocenters. The fourth-order valence-corrected chi connectivity index (χ4v) is 3.55. The van der Waals surface area contributed by atoms with Crippen LogP contribution < -0.4 is 15.0 Å². The molecule has 0 unspecified atom stereocenters. The topological polar surface area (TPSA) is 104 Å². The molecule has 0 aliphatic carbocycles. The molecule has 2 heterocycles. The number of amides is 3. The maximum Gasteiger partial charge on any atom is 0.263 e. The molecule has 154 valence electrons. The zero-order chi connectivity index (χ0) is 21.4. The van der Waals surface area contributed by atoms with E-state index in [0.29, 0.717) is 5.75 Å². The lowest BCUT2D eigenvalue weighted by Gasteiger charge is -2.20. The number of anilines is 2. The first-order valence-electron chi connectivity index (χ1n) is 8.84. The van der Waals surface area contributed by atoms with Crippen LogP contribution in [0.3, 0.4) is 0 Å². The van der Waals surface area contributed by atoms with Crippen molar-refractivity contribution in [2.24, 2.45) is 10.3 Å². The van der Waals surface area contributed by atoms with Crippen molar-refractivity contribution in [3.05, 3.63) is 53.3 Å². The Morgan fingerprint density at radius 2 is 2.00 bits per heavy atom. The Bertz CT molecular complexity index is 1080. The molecule has 2 aliphatic heterocycles. The Morgan fingerprint density at radius 3 is 2.70 bits per heavy atom. The number of carbonyl (C=O) groups excluding carboxylic acids is 3. The summed E-state index contributed by atoms with van der Waals surface area (Å²) >= 11 is 6.10. The summed E-state index contributed by atoms with van der Waals surface area (Å²) in [5, 5.41) is 11.4. The van der Waals surface area contributed by atoms with Gasteiger partial charge >= 0.3 is 0 Å². The van der Waals surface area contributed by atoms with Crippen LogP contribution in [0.4, 0.5) is 15.8 Å². The molecular formula is C19H15ClFN5O4. The number of carbonyl (C=O) groups is 3. The van der Waals surface area contributed by atoms with Crippen molar-refractivity contribution in [2.75, 3.05) is 23.9 Å². The summed E-state index contributed by atoms with van der Waals surface area (Å²) < 4.78 is 18.8. The molecule has 0 bridgehead atoms. The monoisotopic (exact) mass is 431 g/mol. The van der Waals surface area contributed by atoms with E-state index in [1.165, 1.54) is 43.5 Å². The molecule has 3 amide bonds. The molecule has 2 aliphatic rings. The Hall–Kier alpha value is -3.53. The standard InChI is InChI=1S/C19H15ClFN5O4/c1-30-14-7-6-10(8-11(14)20)26-18(28)16-17(19(26)29)25(24-23-16)9-15(27)22-13-5-3-2-4-12(13)21/h2-8,16-17H,9H2,1H3,(H,22,27)/t16-,17+/m0/s1. The van der Waals surface area contributed by atoms with Gasteiger partial charge in [0, 0.05) is 0 Å². The summed E-state index contributed by atoms with van der Waals surface area (Å²) in [5.41, 5.74) is 0.259. The quantitative estimate of drug-likeness (QED) is 0.732. The molecular weight excluding hydrogens is 417 g/mol. The van der Waals surface area contributed by atoms with Crippen molar-refractivity contribution in [1.29, 1.82) is 0 Å². The highest BCUT2D eigenvalue weighted by Gasteiger charge is 2.55. The highest BCUT2D eigenvalue weighted by molar-refractivity contribution is 6.33. The van der Waals surface area contributed by atoms with E-state index >= 15 is 0 Å². The molecule has 11 heteroatoms. The van der Waals surface area contributed by atoms with E-state index in [1.807, 2.05) is 0 Å². The van der Waals surface area contributed by atoms with E-state index in [0.717, 1.165) is 9.91 Å². The Morgan fingerprint density at radius 1 is 1.23 bits per heavy atom. The number of rotatable bonds is 5. The van der Waals surface area contributed by atoms with Crippen LogP contribution in [0.1, 0.15) is 0 Å². The zero-order valence-electron chi connectivity index (χ0n) is 15.6. The second kappa shape index (κ2) is 7.71. The molecule has 30 heavy (non-hydrogen) atoms. The van der Waals surface area contributed by atoms with Gasteiger partial charge in [-0.05, 0) is 30.3 Å². The summed E-state index contributed by atoms with van der Waals surface area (Å²) in [6.07, 6.45) is 0. The van der Waals surface area contributed by atoms with Gasteiger partial charge < -0.3 is 10.1 Å². The van der Waals surface area contributed by atoms with Crippen molar-refractivity contribution < 1.29 is 23.5 Å². The number of fused-ring (bicyclic) bond motifs is 1. The van der Waals surface area contributed by atoms with Crippen molar-refractivity contribution in [1.82, 2.24) is 5.01 Å². The number of ether oxygens (including phenoxy) is 1. The van der Waals surface area contributed by atoms with Gasteiger partial charge in [0.05, 0.1) is 23.5 Å². The SMILES string of the molecule is COc1ccc(N2C(=O)[C@H]3N=NN(CC(=O)Nc4ccccc4F)[C@H]3C2=O)cc1Cl. The summed E-state index contributed by atoms with van der Waals surface area (Å²) in [4.78, 5) is 38.9. The Balaban J connectivity index is 1.51. The van der Waals surface area contributed by atoms with Gasteiger partial charge in [0.15, 0.2) is 12.1 Å². The highest BCUT2D eigenvalue weighted by Crippen LogP contribution is 2.35. The molecule has 2 aromatic carbocycles. The van der Waals surface area contributed by atoms with Crippen LogP contribution in [0.5, 0.6) is 5.75 Å². The lowest BCUT2D eigenvalue weighted by atomic mass is 10.1. The van der Waals surface area contributed by atoms with Crippen LogP contribution in [0.25, 0.3) is 0 Å². The van der Waals surface area contributed by atoms with Crippen LogP contribution in [0.2, 0.25) is 5.02 Å². The molecule has 2 aromatic rings. The van der Waals surface area contributed by atoms with E-state index in [1.54, 1.807) is 6.07 Å². The predicted molar refractivity (Wildman–Crippen MR) is 105 cm³/mol. The lowest BCUT2D eigenvalue weighted by molar-refractivity contribution is -0.123. The summed E-state index contributed by atoms with van der Waals surface area (Å²) in [6.45, 7) is -0.380. The normalized spacial score (nSPS) is 20.0. The molecule has 0 saturated carbocycles. The van der Waals surface area contributed by atoms with Gasteiger partial charge in [-0.25, -0.2) is 9.29 Å². The fourth-order valence-electron chi connectivity index (χ4n) is 3.30. The van der Waals surface area contributed by atoms with E-state index < -0.39 is 35.6 Å². The third-order valence-corrected chi connectivity index (χ3v) is 5.00. The number of para-hydroxylation sites is 1. The van der Waals surface area contributed by atoms with Crippen molar-refractivity contribution in [3.63, 3.8) is 0 Å². The second-order valence-electron chi connectivity index (χ2n) is 6.55. The molecule has 0 spiro atoms. The van der Waals surface area contributed by atoms with Gasteiger partial charge in [0.25, 0.3) is 11.8 Å². The van der Waals surface area contributed by atoms with Crippen LogP contribution in [-0.2, 0) is 14.4 Å². The molecule has 4 rings (SSSR count).